The summed E-state index contributed by atoms with van der Waals surface area (Å²) in [5, 5.41) is 6.61. The lowest BCUT2D eigenvalue weighted by Crippen LogP contribution is -2.42. The highest BCUT2D eigenvalue weighted by atomic mass is 16.5. The van der Waals surface area contributed by atoms with Crippen LogP contribution < -0.4 is 15.4 Å². The van der Waals surface area contributed by atoms with E-state index in [1.165, 1.54) is 6.42 Å². The average molecular weight is 312 g/mol. The molecule has 0 radical (unpaired) electrons. The van der Waals surface area contributed by atoms with Crippen LogP contribution in [0.25, 0.3) is 11.3 Å². The maximum absolute atomic E-state index is 12.4. The van der Waals surface area contributed by atoms with E-state index in [4.69, 9.17) is 9.15 Å². The number of nitrogens with one attached hydrogen (secondary N) is 2. The van der Waals surface area contributed by atoms with E-state index in [1.807, 2.05) is 30.3 Å². The molecule has 1 amide bonds. The Balaban J connectivity index is 1.50. The van der Waals surface area contributed by atoms with Crippen molar-refractivity contribution >= 4 is 5.91 Å². The van der Waals surface area contributed by atoms with Crippen molar-refractivity contribution < 1.29 is 13.9 Å². The third-order valence-corrected chi connectivity index (χ3v) is 4.82. The van der Waals surface area contributed by atoms with Gasteiger partial charge >= 0.3 is 0 Å². The summed E-state index contributed by atoms with van der Waals surface area (Å²) in [5.41, 5.74) is 0.843. The molecule has 2 aliphatic heterocycles. The number of carbonyl (C=O) groups excluding carboxylic acids is 1. The maximum Gasteiger partial charge on any atom is 0.287 e. The van der Waals surface area contributed by atoms with Crippen molar-refractivity contribution in [2.45, 2.75) is 37.4 Å². The van der Waals surface area contributed by atoms with Crippen molar-refractivity contribution in [2.24, 2.45) is 0 Å². The molecule has 4 rings (SSSR count). The molecule has 0 aliphatic carbocycles. The van der Waals surface area contributed by atoms with E-state index >= 15 is 0 Å². The predicted octanol–water partition coefficient (Wildman–Crippen LogP) is 2.58. The largest absolute Gasteiger partial charge is 0.496 e. The van der Waals surface area contributed by atoms with Crippen LogP contribution >= 0.6 is 0 Å². The first-order valence-electron chi connectivity index (χ1n) is 8.05. The Kier molecular flexibility index (Phi) is 3.58. The normalized spacial score (nSPS) is 25.5. The second-order valence-corrected chi connectivity index (χ2v) is 6.23. The lowest BCUT2D eigenvalue weighted by atomic mass is 9.95. The number of carbonyl (C=O) groups is 1. The summed E-state index contributed by atoms with van der Waals surface area (Å²) in [4.78, 5) is 12.4. The van der Waals surface area contributed by atoms with Gasteiger partial charge in [-0.05, 0) is 43.5 Å². The fourth-order valence-corrected chi connectivity index (χ4v) is 3.68. The van der Waals surface area contributed by atoms with Crippen LogP contribution in [0.2, 0.25) is 0 Å². The molecule has 2 N–H and O–H groups in total. The molecule has 120 valence electrons. The first-order chi connectivity index (χ1) is 11.2. The first-order valence-corrected chi connectivity index (χ1v) is 8.05. The molecule has 2 aromatic rings. The van der Waals surface area contributed by atoms with E-state index in [1.54, 1.807) is 13.2 Å². The van der Waals surface area contributed by atoms with Crippen molar-refractivity contribution in [1.29, 1.82) is 0 Å². The highest BCUT2D eigenvalue weighted by Gasteiger charge is 2.39. The van der Waals surface area contributed by atoms with Crippen LogP contribution in [0.4, 0.5) is 0 Å². The van der Waals surface area contributed by atoms with Gasteiger partial charge < -0.3 is 19.8 Å². The number of hydrogen-bond donors (Lipinski definition) is 2. The quantitative estimate of drug-likeness (QED) is 0.911. The van der Waals surface area contributed by atoms with Gasteiger partial charge in [-0.3, -0.25) is 4.79 Å². The molecular weight excluding hydrogens is 292 g/mol. The monoisotopic (exact) mass is 312 g/mol. The molecule has 1 aromatic heterocycles. The van der Waals surface area contributed by atoms with Gasteiger partial charge in [-0.1, -0.05) is 12.1 Å². The van der Waals surface area contributed by atoms with E-state index in [0.29, 0.717) is 23.6 Å². The molecule has 3 atom stereocenters. The van der Waals surface area contributed by atoms with Gasteiger partial charge in [0, 0.05) is 18.1 Å². The fourth-order valence-electron chi connectivity index (χ4n) is 3.68. The van der Waals surface area contributed by atoms with Gasteiger partial charge in [-0.15, -0.1) is 0 Å². The van der Waals surface area contributed by atoms with Crippen LogP contribution in [0.15, 0.2) is 40.8 Å². The number of para-hydroxylation sites is 1. The Morgan fingerprint density at radius 3 is 2.87 bits per heavy atom. The van der Waals surface area contributed by atoms with Crippen molar-refractivity contribution in [3.05, 3.63) is 42.2 Å². The molecule has 5 nitrogen and oxygen atoms in total. The van der Waals surface area contributed by atoms with Gasteiger partial charge in [-0.2, -0.15) is 0 Å². The Hall–Kier alpha value is -2.27. The standard InChI is InChI=1S/C18H20N2O3/c1-22-15-5-3-2-4-12(15)16-8-9-17(23-16)18(21)20-14-10-11-6-7-13(14)19-11/h2-5,8-9,11,13-14,19H,6-7,10H2,1H3,(H,20,21). The molecule has 2 aliphatic rings. The molecule has 0 spiro atoms. The number of hydrogen-bond acceptors (Lipinski definition) is 4. The average Bonchev–Trinajstić information content (AvgIpc) is 3.31. The fraction of sp³-hybridized carbons (Fsp3) is 0.389. The van der Waals surface area contributed by atoms with Gasteiger partial charge in [0.2, 0.25) is 0 Å². The lowest BCUT2D eigenvalue weighted by molar-refractivity contribution is 0.0903. The molecule has 0 saturated carbocycles. The van der Waals surface area contributed by atoms with Crippen LogP contribution in [0, 0.1) is 0 Å². The Labute approximate surface area is 135 Å². The predicted molar refractivity (Wildman–Crippen MR) is 86.5 cm³/mol. The molecule has 2 saturated heterocycles. The number of rotatable bonds is 4. The number of ether oxygens (including phenoxy) is 1. The first kappa shape index (κ1) is 14.3. The summed E-state index contributed by atoms with van der Waals surface area (Å²) < 4.78 is 11.1. The van der Waals surface area contributed by atoms with Crippen LogP contribution in [0.1, 0.15) is 29.8 Å². The van der Waals surface area contributed by atoms with Crippen molar-refractivity contribution in [1.82, 2.24) is 10.6 Å². The van der Waals surface area contributed by atoms with Crippen molar-refractivity contribution in [3.8, 4) is 17.1 Å². The van der Waals surface area contributed by atoms with E-state index in [2.05, 4.69) is 10.6 Å². The van der Waals surface area contributed by atoms with Gasteiger partial charge in [0.25, 0.3) is 5.91 Å². The zero-order valence-corrected chi connectivity index (χ0v) is 13.0. The van der Waals surface area contributed by atoms with Crippen LogP contribution in [0.3, 0.4) is 0 Å². The van der Waals surface area contributed by atoms with Gasteiger partial charge in [0.15, 0.2) is 5.76 Å². The Bertz CT molecular complexity index is 725. The van der Waals surface area contributed by atoms with Crippen LogP contribution in [-0.2, 0) is 0 Å². The van der Waals surface area contributed by atoms with Gasteiger partial charge in [0.05, 0.1) is 12.7 Å². The molecule has 2 fully saturated rings. The molecule has 3 unspecified atom stereocenters. The molecule has 3 heterocycles. The minimum atomic E-state index is -0.148. The maximum atomic E-state index is 12.4. The minimum Gasteiger partial charge on any atom is -0.496 e. The van der Waals surface area contributed by atoms with Crippen LogP contribution in [-0.4, -0.2) is 31.1 Å². The highest BCUT2D eigenvalue weighted by Crippen LogP contribution is 2.31. The summed E-state index contributed by atoms with van der Waals surface area (Å²) in [6.45, 7) is 0. The zero-order valence-electron chi connectivity index (χ0n) is 13.0. The number of benzene rings is 1. The molecule has 23 heavy (non-hydrogen) atoms. The Morgan fingerprint density at radius 2 is 2.13 bits per heavy atom. The van der Waals surface area contributed by atoms with E-state index in [0.717, 1.165) is 24.2 Å². The van der Waals surface area contributed by atoms with E-state index in [9.17, 15) is 4.79 Å². The number of furan rings is 1. The SMILES string of the molecule is COc1ccccc1-c1ccc(C(=O)NC2CC3CCC2N3)o1. The second kappa shape index (κ2) is 5.74. The Morgan fingerprint density at radius 1 is 1.26 bits per heavy atom. The minimum absolute atomic E-state index is 0.148. The summed E-state index contributed by atoms with van der Waals surface area (Å²) in [5.74, 6) is 1.56. The van der Waals surface area contributed by atoms with E-state index in [-0.39, 0.29) is 11.9 Å². The third kappa shape index (κ3) is 2.61. The topological polar surface area (TPSA) is 63.5 Å². The van der Waals surface area contributed by atoms with Gasteiger partial charge in [0.1, 0.15) is 11.5 Å². The number of methoxy groups -OCH3 is 1. The molecule has 1 aromatic carbocycles. The second-order valence-electron chi connectivity index (χ2n) is 6.23. The molecule has 2 bridgehead atoms. The van der Waals surface area contributed by atoms with Crippen molar-refractivity contribution in [3.63, 3.8) is 0 Å². The van der Waals surface area contributed by atoms with Gasteiger partial charge in [-0.25, -0.2) is 0 Å². The molecule has 5 heteroatoms. The van der Waals surface area contributed by atoms with Crippen LogP contribution in [0.5, 0.6) is 5.75 Å². The smallest absolute Gasteiger partial charge is 0.287 e. The highest BCUT2D eigenvalue weighted by molar-refractivity contribution is 5.92. The summed E-state index contributed by atoms with van der Waals surface area (Å²) in [6, 6.07) is 12.3. The molecular formula is C18H20N2O3. The summed E-state index contributed by atoms with van der Waals surface area (Å²) in [7, 11) is 1.62. The number of fused-ring (bicyclic) bond motifs is 2. The van der Waals surface area contributed by atoms with Crippen molar-refractivity contribution in [2.75, 3.05) is 7.11 Å². The summed E-state index contributed by atoms with van der Waals surface area (Å²) in [6.07, 6.45) is 3.37. The summed E-state index contributed by atoms with van der Waals surface area (Å²) >= 11 is 0. The third-order valence-electron chi connectivity index (χ3n) is 4.82. The number of amides is 1. The zero-order chi connectivity index (χ0) is 15.8. The van der Waals surface area contributed by atoms with E-state index < -0.39 is 0 Å². The lowest BCUT2D eigenvalue weighted by Gasteiger charge is -2.20.